The van der Waals surface area contributed by atoms with Gasteiger partial charge in [-0.3, -0.25) is 4.79 Å². The molecular formula is C16H24N6O2. The van der Waals surface area contributed by atoms with E-state index >= 15 is 0 Å². The van der Waals surface area contributed by atoms with Gasteiger partial charge in [-0.2, -0.15) is 4.98 Å². The summed E-state index contributed by atoms with van der Waals surface area (Å²) in [4.78, 5) is 22.9. The second-order valence-corrected chi connectivity index (χ2v) is 6.15. The van der Waals surface area contributed by atoms with Gasteiger partial charge in [0.05, 0.1) is 13.0 Å². The van der Waals surface area contributed by atoms with Crippen LogP contribution in [0.5, 0.6) is 0 Å². The van der Waals surface area contributed by atoms with E-state index in [9.17, 15) is 4.79 Å². The standard InChI is InChI=1S/C16H24N6O2/c1-24-10-9-21-7-3-13(4-8-21)12-18-15(23)11-14-19-16-17-5-2-6-22(16)20-14/h2,5-6,13H,3-4,7-12H2,1H3,(H,18,23). The smallest absolute Gasteiger partial charge is 0.252 e. The molecule has 130 valence electrons. The van der Waals surface area contributed by atoms with Crippen molar-refractivity contribution in [3.63, 3.8) is 0 Å². The van der Waals surface area contributed by atoms with Gasteiger partial charge in [0.2, 0.25) is 5.91 Å². The summed E-state index contributed by atoms with van der Waals surface area (Å²) in [5.74, 6) is 1.53. The van der Waals surface area contributed by atoms with Crippen LogP contribution in [-0.2, 0) is 16.0 Å². The molecule has 2 aromatic rings. The van der Waals surface area contributed by atoms with Gasteiger partial charge in [0.15, 0.2) is 5.82 Å². The van der Waals surface area contributed by atoms with Crippen molar-refractivity contribution in [3.05, 3.63) is 24.3 Å². The van der Waals surface area contributed by atoms with E-state index in [1.807, 2.05) is 0 Å². The molecule has 0 aromatic carbocycles. The van der Waals surface area contributed by atoms with Gasteiger partial charge in [-0.05, 0) is 37.9 Å². The average molecular weight is 332 g/mol. The molecule has 8 nitrogen and oxygen atoms in total. The molecule has 1 aliphatic heterocycles. The lowest BCUT2D eigenvalue weighted by Crippen LogP contribution is -2.40. The number of methoxy groups -OCH3 is 1. The number of nitrogens with one attached hydrogen (secondary N) is 1. The monoisotopic (exact) mass is 332 g/mol. The molecule has 1 amide bonds. The molecule has 0 saturated carbocycles. The molecule has 1 fully saturated rings. The normalized spacial score (nSPS) is 16.5. The maximum atomic E-state index is 12.1. The number of carbonyl (C=O) groups excluding carboxylic acids is 1. The molecule has 0 unspecified atom stereocenters. The van der Waals surface area contributed by atoms with E-state index in [-0.39, 0.29) is 12.3 Å². The number of aromatic nitrogens is 4. The van der Waals surface area contributed by atoms with E-state index in [0.717, 1.165) is 45.6 Å². The Morgan fingerprint density at radius 3 is 3.00 bits per heavy atom. The first-order valence-electron chi connectivity index (χ1n) is 8.39. The average Bonchev–Trinajstić information content (AvgIpc) is 3.01. The zero-order valence-corrected chi connectivity index (χ0v) is 14.0. The predicted octanol–water partition coefficient (Wildman–Crippen LogP) is 0.141. The fourth-order valence-electron chi connectivity index (χ4n) is 2.95. The summed E-state index contributed by atoms with van der Waals surface area (Å²) >= 11 is 0. The number of rotatable bonds is 7. The number of likely N-dealkylation sites (tertiary alicyclic amines) is 1. The van der Waals surface area contributed by atoms with Gasteiger partial charge in [0.25, 0.3) is 5.78 Å². The van der Waals surface area contributed by atoms with Crippen LogP contribution in [0.25, 0.3) is 5.78 Å². The summed E-state index contributed by atoms with van der Waals surface area (Å²) in [5, 5.41) is 7.26. The van der Waals surface area contributed by atoms with Gasteiger partial charge in [-0.1, -0.05) is 0 Å². The van der Waals surface area contributed by atoms with E-state index in [1.54, 1.807) is 30.1 Å². The Kier molecular flexibility index (Phi) is 5.71. The van der Waals surface area contributed by atoms with Crippen molar-refractivity contribution in [2.45, 2.75) is 19.3 Å². The lowest BCUT2D eigenvalue weighted by atomic mass is 9.97. The first-order chi connectivity index (χ1) is 11.7. The Balaban J connectivity index is 1.40. The number of nitrogens with zero attached hydrogens (tertiary/aromatic N) is 5. The summed E-state index contributed by atoms with van der Waals surface area (Å²) < 4.78 is 6.69. The van der Waals surface area contributed by atoms with Crippen LogP contribution in [0, 0.1) is 5.92 Å². The van der Waals surface area contributed by atoms with Gasteiger partial charge >= 0.3 is 0 Å². The number of carbonyl (C=O) groups is 1. The number of fused-ring (bicyclic) bond motifs is 1. The number of ether oxygens (including phenoxy) is 1. The van der Waals surface area contributed by atoms with Crippen LogP contribution in [0.15, 0.2) is 18.5 Å². The van der Waals surface area contributed by atoms with Crippen molar-refractivity contribution >= 4 is 11.7 Å². The Bertz CT molecular complexity index is 632. The largest absolute Gasteiger partial charge is 0.383 e. The maximum Gasteiger partial charge on any atom is 0.252 e. The third-order valence-corrected chi connectivity index (χ3v) is 4.39. The molecule has 24 heavy (non-hydrogen) atoms. The third-order valence-electron chi connectivity index (χ3n) is 4.39. The highest BCUT2D eigenvalue weighted by molar-refractivity contribution is 5.77. The van der Waals surface area contributed by atoms with E-state index in [4.69, 9.17) is 4.74 Å². The fraction of sp³-hybridized carbons (Fsp3) is 0.625. The van der Waals surface area contributed by atoms with E-state index in [1.165, 1.54) is 0 Å². The molecule has 8 heteroatoms. The van der Waals surface area contributed by atoms with Crippen molar-refractivity contribution in [1.82, 2.24) is 29.8 Å². The molecule has 2 aromatic heterocycles. The highest BCUT2D eigenvalue weighted by Crippen LogP contribution is 2.16. The minimum atomic E-state index is -0.0345. The van der Waals surface area contributed by atoms with Gasteiger partial charge in [-0.25, -0.2) is 9.50 Å². The van der Waals surface area contributed by atoms with E-state index in [0.29, 0.717) is 17.5 Å². The lowest BCUT2D eigenvalue weighted by molar-refractivity contribution is -0.120. The predicted molar refractivity (Wildman–Crippen MR) is 88.5 cm³/mol. The van der Waals surface area contributed by atoms with Crippen LogP contribution < -0.4 is 5.32 Å². The molecule has 1 saturated heterocycles. The number of hydrogen-bond acceptors (Lipinski definition) is 6. The molecule has 0 aliphatic carbocycles. The number of amides is 1. The van der Waals surface area contributed by atoms with Crippen molar-refractivity contribution in [2.75, 3.05) is 39.9 Å². The number of piperidine rings is 1. The van der Waals surface area contributed by atoms with Crippen LogP contribution in [0.3, 0.4) is 0 Å². The molecule has 3 rings (SSSR count). The second-order valence-electron chi connectivity index (χ2n) is 6.15. The van der Waals surface area contributed by atoms with Gasteiger partial charge in [0, 0.05) is 32.6 Å². The Labute approximate surface area is 141 Å². The molecule has 0 spiro atoms. The van der Waals surface area contributed by atoms with Gasteiger partial charge < -0.3 is 15.0 Å². The summed E-state index contributed by atoms with van der Waals surface area (Å²) in [6.07, 6.45) is 5.85. The van der Waals surface area contributed by atoms with Crippen molar-refractivity contribution in [2.24, 2.45) is 5.92 Å². The SMILES string of the molecule is COCCN1CCC(CNC(=O)Cc2nc3ncccn3n2)CC1. The quantitative estimate of drug-likeness (QED) is 0.776. The van der Waals surface area contributed by atoms with Gasteiger partial charge in [0.1, 0.15) is 0 Å². The summed E-state index contributed by atoms with van der Waals surface area (Å²) in [6, 6.07) is 1.78. The topological polar surface area (TPSA) is 84.6 Å². The summed E-state index contributed by atoms with van der Waals surface area (Å²) in [5.41, 5.74) is 0. The van der Waals surface area contributed by atoms with E-state index in [2.05, 4.69) is 25.3 Å². The molecule has 0 bridgehead atoms. The number of hydrogen-bond donors (Lipinski definition) is 1. The van der Waals surface area contributed by atoms with Crippen molar-refractivity contribution in [1.29, 1.82) is 0 Å². The van der Waals surface area contributed by atoms with Crippen LogP contribution in [0.4, 0.5) is 0 Å². The zero-order valence-electron chi connectivity index (χ0n) is 14.0. The Morgan fingerprint density at radius 2 is 2.25 bits per heavy atom. The highest BCUT2D eigenvalue weighted by atomic mass is 16.5. The maximum absolute atomic E-state index is 12.1. The Hall–Kier alpha value is -2.06. The minimum absolute atomic E-state index is 0.0345. The Morgan fingerprint density at radius 1 is 1.42 bits per heavy atom. The summed E-state index contributed by atoms with van der Waals surface area (Å²) in [7, 11) is 1.73. The van der Waals surface area contributed by atoms with Crippen LogP contribution in [0.1, 0.15) is 18.7 Å². The molecule has 1 N–H and O–H groups in total. The molecule has 1 aliphatic rings. The highest BCUT2D eigenvalue weighted by Gasteiger charge is 2.19. The minimum Gasteiger partial charge on any atom is -0.383 e. The second kappa shape index (κ2) is 8.16. The van der Waals surface area contributed by atoms with Crippen LogP contribution >= 0.6 is 0 Å². The molecular weight excluding hydrogens is 308 g/mol. The zero-order chi connectivity index (χ0) is 16.8. The van der Waals surface area contributed by atoms with Crippen molar-refractivity contribution in [3.8, 4) is 0 Å². The summed E-state index contributed by atoms with van der Waals surface area (Å²) in [6.45, 7) is 4.64. The van der Waals surface area contributed by atoms with Crippen LogP contribution in [-0.4, -0.2) is 70.3 Å². The lowest BCUT2D eigenvalue weighted by Gasteiger charge is -2.31. The van der Waals surface area contributed by atoms with E-state index < -0.39 is 0 Å². The molecule has 3 heterocycles. The first kappa shape index (κ1) is 16.8. The van der Waals surface area contributed by atoms with Crippen molar-refractivity contribution < 1.29 is 9.53 Å². The fourth-order valence-corrected chi connectivity index (χ4v) is 2.95. The van der Waals surface area contributed by atoms with Gasteiger partial charge in [-0.15, -0.1) is 5.10 Å². The molecule has 0 radical (unpaired) electrons. The van der Waals surface area contributed by atoms with Crippen LogP contribution in [0.2, 0.25) is 0 Å². The first-order valence-corrected chi connectivity index (χ1v) is 8.39. The molecule has 0 atom stereocenters. The third kappa shape index (κ3) is 4.48.